The van der Waals surface area contributed by atoms with Crippen molar-refractivity contribution in [3.63, 3.8) is 0 Å². The van der Waals surface area contributed by atoms with Gasteiger partial charge in [-0.1, -0.05) is 63.0 Å². The van der Waals surface area contributed by atoms with E-state index in [0.717, 1.165) is 26.5 Å². The number of benzene rings is 2. The number of hydrogen-bond donors (Lipinski definition) is 1. The van der Waals surface area contributed by atoms with Crippen LogP contribution in [0.15, 0.2) is 45.3 Å². The highest BCUT2D eigenvalue weighted by atomic mass is 79.9. The van der Waals surface area contributed by atoms with E-state index in [1.54, 1.807) is 0 Å². The molecule has 0 bridgehead atoms. The molecule has 0 radical (unpaired) electrons. The van der Waals surface area contributed by atoms with E-state index >= 15 is 0 Å². The van der Waals surface area contributed by atoms with Gasteiger partial charge in [-0.2, -0.15) is 0 Å². The second-order valence-corrected chi connectivity index (χ2v) is 6.40. The minimum absolute atomic E-state index is 0.114. The fourth-order valence-corrected chi connectivity index (χ4v) is 3.11. The summed E-state index contributed by atoms with van der Waals surface area (Å²) in [6.07, 6.45) is 1.05. The van der Waals surface area contributed by atoms with Crippen molar-refractivity contribution in [1.29, 1.82) is 0 Å². The van der Waals surface area contributed by atoms with Gasteiger partial charge in [0.25, 0.3) is 0 Å². The van der Waals surface area contributed by atoms with Crippen molar-refractivity contribution in [2.75, 3.05) is 0 Å². The van der Waals surface area contributed by atoms with Crippen LogP contribution in [0.5, 0.6) is 0 Å². The van der Waals surface area contributed by atoms with Crippen molar-refractivity contribution in [2.24, 2.45) is 5.73 Å². The summed E-state index contributed by atoms with van der Waals surface area (Å²) in [6.45, 7) is 4.22. The lowest BCUT2D eigenvalue weighted by atomic mass is 9.97. The fraction of sp³-hybridized carbons (Fsp3) is 0.250. The molecule has 2 N–H and O–H groups in total. The largest absolute Gasteiger partial charge is 0.320 e. The van der Waals surface area contributed by atoms with Crippen molar-refractivity contribution >= 4 is 31.9 Å². The summed E-state index contributed by atoms with van der Waals surface area (Å²) in [5.74, 6) is 0. The van der Waals surface area contributed by atoms with Crippen LogP contribution in [0, 0.1) is 6.92 Å². The molecule has 3 heteroatoms. The first-order chi connectivity index (χ1) is 9.02. The summed E-state index contributed by atoms with van der Waals surface area (Å²) in [5.41, 5.74) is 11.1. The highest BCUT2D eigenvalue weighted by molar-refractivity contribution is 9.11. The number of nitrogens with two attached hydrogens (primary N) is 1. The first-order valence-corrected chi connectivity index (χ1v) is 7.91. The SMILES string of the molecule is CCc1ccc(C(N)c2cc(Br)c(C)cc2Br)cc1. The van der Waals surface area contributed by atoms with Crippen LogP contribution in [-0.2, 0) is 6.42 Å². The molecule has 2 aromatic rings. The van der Waals surface area contributed by atoms with Crippen LogP contribution in [0.1, 0.15) is 35.2 Å². The van der Waals surface area contributed by atoms with Crippen molar-refractivity contribution in [2.45, 2.75) is 26.3 Å². The van der Waals surface area contributed by atoms with Gasteiger partial charge < -0.3 is 5.73 Å². The summed E-state index contributed by atoms with van der Waals surface area (Å²) in [7, 11) is 0. The highest BCUT2D eigenvalue weighted by Crippen LogP contribution is 2.31. The lowest BCUT2D eigenvalue weighted by Crippen LogP contribution is -2.12. The van der Waals surface area contributed by atoms with Gasteiger partial charge in [-0.25, -0.2) is 0 Å². The first-order valence-electron chi connectivity index (χ1n) is 6.33. The van der Waals surface area contributed by atoms with E-state index in [4.69, 9.17) is 5.73 Å². The van der Waals surface area contributed by atoms with Crippen molar-refractivity contribution in [3.05, 3.63) is 67.6 Å². The average Bonchev–Trinajstić information content (AvgIpc) is 2.42. The monoisotopic (exact) mass is 381 g/mol. The molecular formula is C16H17Br2N. The van der Waals surface area contributed by atoms with E-state index in [1.807, 2.05) is 0 Å². The van der Waals surface area contributed by atoms with Gasteiger partial charge in [-0.3, -0.25) is 0 Å². The zero-order valence-electron chi connectivity index (χ0n) is 11.1. The zero-order chi connectivity index (χ0) is 14.0. The van der Waals surface area contributed by atoms with Gasteiger partial charge in [0.05, 0.1) is 6.04 Å². The predicted molar refractivity (Wildman–Crippen MR) is 88.4 cm³/mol. The Morgan fingerprint density at radius 2 is 1.68 bits per heavy atom. The molecule has 0 aliphatic rings. The molecule has 0 heterocycles. The van der Waals surface area contributed by atoms with E-state index in [0.29, 0.717) is 0 Å². The van der Waals surface area contributed by atoms with Crippen LogP contribution in [0.25, 0.3) is 0 Å². The van der Waals surface area contributed by atoms with Gasteiger partial charge in [0.2, 0.25) is 0 Å². The average molecular weight is 383 g/mol. The van der Waals surface area contributed by atoms with E-state index in [1.165, 1.54) is 11.1 Å². The van der Waals surface area contributed by atoms with Crippen molar-refractivity contribution < 1.29 is 0 Å². The van der Waals surface area contributed by atoms with Gasteiger partial charge in [0.1, 0.15) is 0 Å². The van der Waals surface area contributed by atoms with Gasteiger partial charge in [0, 0.05) is 8.95 Å². The predicted octanol–water partition coefficient (Wildman–Crippen LogP) is 5.13. The maximum absolute atomic E-state index is 6.38. The topological polar surface area (TPSA) is 26.0 Å². The van der Waals surface area contributed by atoms with Gasteiger partial charge in [-0.15, -0.1) is 0 Å². The number of halogens is 2. The number of hydrogen-bond acceptors (Lipinski definition) is 1. The molecule has 1 unspecified atom stereocenters. The van der Waals surface area contributed by atoms with Crippen LogP contribution < -0.4 is 5.73 Å². The smallest absolute Gasteiger partial charge is 0.0563 e. The Balaban J connectivity index is 2.37. The van der Waals surface area contributed by atoms with Crippen LogP contribution in [0.3, 0.4) is 0 Å². The molecular weight excluding hydrogens is 366 g/mol. The summed E-state index contributed by atoms with van der Waals surface area (Å²) in [5, 5.41) is 0. The second-order valence-electron chi connectivity index (χ2n) is 4.70. The normalized spacial score (nSPS) is 12.5. The molecule has 0 amide bonds. The maximum Gasteiger partial charge on any atom is 0.0563 e. The van der Waals surface area contributed by atoms with Gasteiger partial charge in [0.15, 0.2) is 0 Å². The number of rotatable bonds is 3. The van der Waals surface area contributed by atoms with E-state index < -0.39 is 0 Å². The first kappa shape index (κ1) is 14.8. The third-order valence-corrected chi connectivity index (χ3v) is 4.90. The fourth-order valence-electron chi connectivity index (χ4n) is 2.04. The Kier molecular flexibility index (Phi) is 4.82. The van der Waals surface area contributed by atoms with E-state index in [2.05, 4.69) is 82.1 Å². The third-order valence-electron chi connectivity index (χ3n) is 3.36. The molecule has 0 spiro atoms. The lowest BCUT2D eigenvalue weighted by Gasteiger charge is -2.16. The minimum Gasteiger partial charge on any atom is -0.320 e. The molecule has 19 heavy (non-hydrogen) atoms. The Morgan fingerprint density at radius 3 is 2.26 bits per heavy atom. The molecule has 0 aliphatic carbocycles. The highest BCUT2D eigenvalue weighted by Gasteiger charge is 2.13. The summed E-state index contributed by atoms with van der Waals surface area (Å²) < 4.78 is 2.14. The van der Waals surface area contributed by atoms with E-state index in [-0.39, 0.29) is 6.04 Å². The molecule has 0 saturated heterocycles. The third kappa shape index (κ3) is 3.28. The molecule has 0 saturated carbocycles. The summed E-state index contributed by atoms with van der Waals surface area (Å²) in [6, 6.07) is 12.6. The lowest BCUT2D eigenvalue weighted by molar-refractivity contribution is 0.862. The Morgan fingerprint density at radius 1 is 1.05 bits per heavy atom. The maximum atomic E-state index is 6.38. The standard InChI is InChI=1S/C16H17Br2N/c1-3-11-4-6-12(7-5-11)16(19)13-9-14(17)10(2)8-15(13)18/h4-9,16H,3,19H2,1-2H3. The van der Waals surface area contributed by atoms with Crippen molar-refractivity contribution in [3.8, 4) is 0 Å². The zero-order valence-corrected chi connectivity index (χ0v) is 14.3. The van der Waals surface area contributed by atoms with Gasteiger partial charge >= 0.3 is 0 Å². The molecule has 2 aromatic carbocycles. The van der Waals surface area contributed by atoms with Crippen LogP contribution >= 0.6 is 31.9 Å². The van der Waals surface area contributed by atoms with Gasteiger partial charge in [-0.05, 0) is 47.7 Å². The van der Waals surface area contributed by atoms with Crippen LogP contribution in [0.2, 0.25) is 0 Å². The molecule has 0 fully saturated rings. The Labute approximate surface area is 131 Å². The van der Waals surface area contributed by atoms with Crippen LogP contribution in [-0.4, -0.2) is 0 Å². The Bertz CT molecular complexity index is 576. The molecule has 2 rings (SSSR count). The van der Waals surface area contributed by atoms with Crippen molar-refractivity contribution in [1.82, 2.24) is 0 Å². The second kappa shape index (κ2) is 6.21. The molecule has 1 nitrogen and oxygen atoms in total. The Hall–Kier alpha value is -0.640. The molecule has 100 valence electrons. The number of aryl methyl sites for hydroxylation is 2. The molecule has 0 aliphatic heterocycles. The molecule has 0 aromatic heterocycles. The minimum atomic E-state index is -0.114. The molecule has 1 atom stereocenters. The summed E-state index contributed by atoms with van der Waals surface area (Å²) in [4.78, 5) is 0. The summed E-state index contributed by atoms with van der Waals surface area (Å²) >= 11 is 7.17. The van der Waals surface area contributed by atoms with Crippen LogP contribution in [0.4, 0.5) is 0 Å². The van der Waals surface area contributed by atoms with E-state index in [9.17, 15) is 0 Å². The quantitative estimate of drug-likeness (QED) is 0.782.